The predicted molar refractivity (Wildman–Crippen MR) is 81.6 cm³/mol. The van der Waals surface area contributed by atoms with Gasteiger partial charge in [0.15, 0.2) is 5.58 Å². The number of hydrogen-bond donors (Lipinski definition) is 1. The van der Waals surface area contributed by atoms with Gasteiger partial charge in [0.05, 0.1) is 10.7 Å². The molecule has 0 unspecified atom stereocenters. The molecular weight excluding hydrogens is 363 g/mol. The Bertz CT molecular complexity index is 739. The second-order valence-corrected chi connectivity index (χ2v) is 5.41. The van der Waals surface area contributed by atoms with Gasteiger partial charge in [-0.05, 0) is 52.9 Å². The van der Waals surface area contributed by atoms with Crippen LogP contribution in [0.5, 0.6) is 0 Å². The molecule has 3 aromatic rings. The van der Waals surface area contributed by atoms with Crippen molar-refractivity contribution in [2.75, 3.05) is 5.73 Å². The first-order valence-electron chi connectivity index (χ1n) is 5.25. The van der Waals surface area contributed by atoms with Crippen LogP contribution in [0.15, 0.2) is 40.8 Å². The van der Waals surface area contributed by atoms with E-state index in [4.69, 9.17) is 21.8 Å². The van der Waals surface area contributed by atoms with Gasteiger partial charge in [-0.25, -0.2) is 4.98 Å². The summed E-state index contributed by atoms with van der Waals surface area (Å²) in [4.78, 5) is 4.40. The van der Waals surface area contributed by atoms with E-state index in [9.17, 15) is 0 Å². The summed E-state index contributed by atoms with van der Waals surface area (Å²) >= 11 is 8.27. The summed E-state index contributed by atoms with van der Waals surface area (Å²) in [5.41, 5.74) is 8.67. The van der Waals surface area contributed by atoms with Crippen LogP contribution in [0.25, 0.3) is 22.6 Å². The highest BCUT2D eigenvalue weighted by molar-refractivity contribution is 14.1. The zero-order valence-electron chi connectivity index (χ0n) is 9.15. The number of fused-ring (bicyclic) bond motifs is 1. The topological polar surface area (TPSA) is 52.0 Å². The molecule has 0 saturated heterocycles. The van der Waals surface area contributed by atoms with Gasteiger partial charge in [-0.2, -0.15) is 0 Å². The van der Waals surface area contributed by atoms with Gasteiger partial charge in [0.2, 0.25) is 5.89 Å². The van der Waals surface area contributed by atoms with Crippen LogP contribution >= 0.6 is 34.2 Å². The van der Waals surface area contributed by atoms with E-state index >= 15 is 0 Å². The first-order chi connectivity index (χ1) is 8.65. The minimum atomic E-state index is 0.529. The second kappa shape index (κ2) is 4.44. The molecule has 0 radical (unpaired) electrons. The van der Waals surface area contributed by atoms with E-state index < -0.39 is 0 Å². The molecule has 0 bridgehead atoms. The number of oxazole rings is 1. The minimum Gasteiger partial charge on any atom is -0.436 e. The molecule has 0 aliphatic rings. The van der Waals surface area contributed by atoms with Crippen molar-refractivity contribution in [2.45, 2.75) is 0 Å². The highest BCUT2D eigenvalue weighted by Crippen LogP contribution is 2.30. The van der Waals surface area contributed by atoms with Gasteiger partial charge in [0.1, 0.15) is 5.52 Å². The zero-order chi connectivity index (χ0) is 12.7. The lowest BCUT2D eigenvalue weighted by Crippen LogP contribution is -1.85. The monoisotopic (exact) mass is 370 g/mol. The third-order valence-corrected chi connectivity index (χ3v) is 4.19. The van der Waals surface area contributed by atoms with Crippen molar-refractivity contribution in [1.82, 2.24) is 4.98 Å². The Morgan fingerprint density at radius 1 is 1.22 bits per heavy atom. The van der Waals surface area contributed by atoms with Gasteiger partial charge in [0, 0.05) is 9.13 Å². The van der Waals surface area contributed by atoms with E-state index in [1.54, 1.807) is 6.07 Å². The lowest BCUT2D eigenvalue weighted by atomic mass is 10.2. The molecule has 0 saturated carbocycles. The fourth-order valence-corrected chi connectivity index (χ4v) is 2.24. The summed E-state index contributed by atoms with van der Waals surface area (Å²) in [5.74, 6) is 0.529. The van der Waals surface area contributed by atoms with Crippen molar-refractivity contribution in [3.63, 3.8) is 0 Å². The maximum atomic E-state index is 6.09. The standard InChI is InChI=1S/C13H8ClIN2O/c14-8-6-7(4-5-9(8)15)13-17-12-10(16)2-1-3-11(12)18-13/h1-6H,16H2. The fraction of sp³-hybridized carbons (Fsp3) is 0. The first kappa shape index (κ1) is 11.8. The highest BCUT2D eigenvalue weighted by atomic mass is 127. The normalized spacial score (nSPS) is 11.0. The average Bonchev–Trinajstić information content (AvgIpc) is 2.78. The molecule has 0 aliphatic carbocycles. The summed E-state index contributed by atoms with van der Waals surface area (Å²) in [7, 11) is 0. The van der Waals surface area contributed by atoms with Crippen molar-refractivity contribution >= 4 is 51.0 Å². The molecule has 1 heterocycles. The van der Waals surface area contributed by atoms with Crippen molar-refractivity contribution in [1.29, 1.82) is 0 Å². The Morgan fingerprint density at radius 2 is 2.06 bits per heavy atom. The van der Waals surface area contributed by atoms with E-state index in [0.29, 0.717) is 27.7 Å². The van der Waals surface area contributed by atoms with E-state index in [0.717, 1.165) is 9.13 Å². The number of halogens is 2. The van der Waals surface area contributed by atoms with Crippen LogP contribution in [0.1, 0.15) is 0 Å². The van der Waals surface area contributed by atoms with Crippen LogP contribution in [0.3, 0.4) is 0 Å². The lowest BCUT2D eigenvalue weighted by molar-refractivity contribution is 0.620. The Morgan fingerprint density at radius 3 is 2.78 bits per heavy atom. The molecule has 1 aromatic heterocycles. The number of hydrogen-bond acceptors (Lipinski definition) is 3. The number of para-hydroxylation sites is 1. The summed E-state index contributed by atoms with van der Waals surface area (Å²) in [6, 6.07) is 11.2. The van der Waals surface area contributed by atoms with Crippen LogP contribution in [0.4, 0.5) is 5.69 Å². The molecule has 0 fully saturated rings. The number of nitrogens with zero attached hydrogens (tertiary/aromatic N) is 1. The third kappa shape index (κ3) is 1.95. The first-order valence-corrected chi connectivity index (χ1v) is 6.71. The van der Waals surface area contributed by atoms with E-state index in [2.05, 4.69) is 27.6 Å². The predicted octanol–water partition coefficient (Wildman–Crippen LogP) is 4.34. The lowest BCUT2D eigenvalue weighted by Gasteiger charge is -1.98. The summed E-state index contributed by atoms with van der Waals surface area (Å²) < 4.78 is 6.67. The second-order valence-electron chi connectivity index (χ2n) is 3.84. The molecule has 0 amide bonds. The number of nitrogen functional groups attached to an aromatic ring is 1. The van der Waals surface area contributed by atoms with Crippen LogP contribution in [-0.4, -0.2) is 4.98 Å². The van der Waals surface area contributed by atoms with Crippen molar-refractivity contribution in [3.05, 3.63) is 45.0 Å². The van der Waals surface area contributed by atoms with E-state index in [-0.39, 0.29) is 0 Å². The van der Waals surface area contributed by atoms with Crippen LogP contribution in [0, 0.1) is 3.57 Å². The molecule has 2 N–H and O–H groups in total. The molecule has 5 heteroatoms. The third-order valence-electron chi connectivity index (χ3n) is 2.62. The number of benzene rings is 2. The van der Waals surface area contributed by atoms with Crippen LogP contribution in [0.2, 0.25) is 5.02 Å². The molecule has 3 rings (SSSR count). The van der Waals surface area contributed by atoms with Crippen LogP contribution in [-0.2, 0) is 0 Å². The van der Waals surface area contributed by atoms with E-state index in [1.807, 2.05) is 30.3 Å². The van der Waals surface area contributed by atoms with Crippen molar-refractivity contribution in [3.8, 4) is 11.5 Å². The summed E-state index contributed by atoms with van der Waals surface area (Å²) in [5, 5.41) is 0.684. The Kier molecular flexibility index (Phi) is 2.91. The maximum absolute atomic E-state index is 6.09. The smallest absolute Gasteiger partial charge is 0.227 e. The van der Waals surface area contributed by atoms with Crippen molar-refractivity contribution < 1.29 is 4.42 Å². The number of rotatable bonds is 1. The highest BCUT2D eigenvalue weighted by Gasteiger charge is 2.11. The van der Waals surface area contributed by atoms with Gasteiger partial charge < -0.3 is 10.2 Å². The number of anilines is 1. The van der Waals surface area contributed by atoms with Crippen molar-refractivity contribution in [2.24, 2.45) is 0 Å². The minimum absolute atomic E-state index is 0.529. The van der Waals surface area contributed by atoms with Gasteiger partial charge in [-0.3, -0.25) is 0 Å². The van der Waals surface area contributed by atoms with Gasteiger partial charge in [-0.1, -0.05) is 17.7 Å². The summed E-state index contributed by atoms with van der Waals surface area (Å²) in [6.45, 7) is 0. The SMILES string of the molecule is Nc1cccc2oc(-c3ccc(I)c(Cl)c3)nc12. The zero-order valence-corrected chi connectivity index (χ0v) is 12.1. The molecule has 18 heavy (non-hydrogen) atoms. The quantitative estimate of drug-likeness (QED) is 0.512. The molecule has 0 spiro atoms. The number of nitrogens with two attached hydrogens (primary N) is 1. The van der Waals surface area contributed by atoms with Gasteiger partial charge in [-0.15, -0.1) is 0 Å². The Labute approximate surface area is 122 Å². The average molecular weight is 371 g/mol. The fourth-order valence-electron chi connectivity index (χ4n) is 1.72. The summed E-state index contributed by atoms with van der Waals surface area (Å²) in [6.07, 6.45) is 0. The van der Waals surface area contributed by atoms with Crippen LogP contribution < -0.4 is 5.73 Å². The molecular formula is C13H8ClIN2O. The Balaban J connectivity index is 2.19. The van der Waals surface area contributed by atoms with Gasteiger partial charge in [0.25, 0.3) is 0 Å². The molecule has 3 nitrogen and oxygen atoms in total. The maximum Gasteiger partial charge on any atom is 0.227 e. The van der Waals surface area contributed by atoms with Gasteiger partial charge >= 0.3 is 0 Å². The molecule has 0 atom stereocenters. The Hall–Kier alpha value is -1.27. The molecule has 2 aromatic carbocycles. The van der Waals surface area contributed by atoms with E-state index in [1.165, 1.54) is 0 Å². The number of aromatic nitrogens is 1. The largest absolute Gasteiger partial charge is 0.436 e. The molecule has 90 valence electrons. The molecule has 0 aliphatic heterocycles.